The summed E-state index contributed by atoms with van der Waals surface area (Å²) in [6, 6.07) is 0. The number of hydrogen-bond donors (Lipinski definition) is 2. The van der Waals surface area contributed by atoms with Gasteiger partial charge in [0.05, 0.1) is 11.7 Å². The second-order valence-electron chi connectivity index (χ2n) is 10.7. The van der Waals surface area contributed by atoms with Crippen molar-refractivity contribution in [2.75, 3.05) is 0 Å². The maximum absolute atomic E-state index is 11.7. The molecule has 4 saturated carbocycles. The molecule has 0 aromatic rings. The van der Waals surface area contributed by atoms with Crippen molar-refractivity contribution in [2.45, 2.75) is 103 Å². The summed E-state index contributed by atoms with van der Waals surface area (Å²) in [5.74, 6) is 0.491. The van der Waals surface area contributed by atoms with E-state index in [4.69, 9.17) is 9.47 Å². The van der Waals surface area contributed by atoms with Crippen molar-refractivity contribution in [3.05, 3.63) is 0 Å². The Balaban J connectivity index is 1.60. The summed E-state index contributed by atoms with van der Waals surface area (Å²) in [6.07, 6.45) is 4.99. The zero-order valence-electron chi connectivity index (χ0n) is 18.1. The molecule has 0 aromatic carbocycles. The van der Waals surface area contributed by atoms with Crippen LogP contribution in [0.4, 0.5) is 0 Å². The monoisotopic (exact) mass is 408 g/mol. The van der Waals surface area contributed by atoms with E-state index in [1.807, 2.05) is 0 Å². The van der Waals surface area contributed by atoms with Gasteiger partial charge in [-0.15, -0.1) is 0 Å². The van der Waals surface area contributed by atoms with Gasteiger partial charge in [-0.25, -0.2) is 0 Å². The molecule has 6 nitrogen and oxygen atoms in total. The Bertz CT molecular complexity index is 693. The molecule has 0 unspecified atom stereocenters. The lowest BCUT2D eigenvalue weighted by Gasteiger charge is -2.65. The van der Waals surface area contributed by atoms with Crippen LogP contribution in [0.5, 0.6) is 0 Å². The van der Waals surface area contributed by atoms with Crippen molar-refractivity contribution >= 4 is 11.9 Å². The van der Waals surface area contributed by atoms with Gasteiger partial charge >= 0.3 is 11.9 Å². The van der Waals surface area contributed by atoms with Crippen LogP contribution >= 0.6 is 0 Å². The molecule has 0 saturated heterocycles. The Morgan fingerprint density at radius 1 is 0.931 bits per heavy atom. The first-order valence-corrected chi connectivity index (χ1v) is 11.3. The lowest BCUT2D eigenvalue weighted by molar-refractivity contribution is -0.267. The standard InChI is InChI=1S/C23H36O6/c1-13(24)28-15-7-10-22(4)18-8-9-21(3)17(5-6-20(21)29-14(2)25)16(18)11-19(26)23(22,27)12-15/h15-20,26-27H,5-12H2,1-4H3/t15-,16-,17-,18-,19-,20-,21+,22-,23+/m1/s1. The summed E-state index contributed by atoms with van der Waals surface area (Å²) >= 11 is 0. The Kier molecular flexibility index (Phi) is 5.05. The van der Waals surface area contributed by atoms with E-state index >= 15 is 0 Å². The molecule has 9 atom stereocenters. The number of rotatable bonds is 2. The van der Waals surface area contributed by atoms with Crippen molar-refractivity contribution in [1.82, 2.24) is 0 Å². The van der Waals surface area contributed by atoms with Crippen LogP contribution in [-0.2, 0) is 19.1 Å². The van der Waals surface area contributed by atoms with E-state index in [2.05, 4.69) is 13.8 Å². The van der Waals surface area contributed by atoms with Crippen LogP contribution in [0.15, 0.2) is 0 Å². The number of aliphatic hydroxyl groups excluding tert-OH is 1. The van der Waals surface area contributed by atoms with Gasteiger partial charge in [0.1, 0.15) is 12.2 Å². The minimum absolute atomic E-state index is 0.0450. The van der Waals surface area contributed by atoms with E-state index in [1.165, 1.54) is 13.8 Å². The topological polar surface area (TPSA) is 93.1 Å². The Labute approximate surface area is 173 Å². The largest absolute Gasteiger partial charge is 0.462 e. The molecule has 4 aliphatic rings. The number of hydrogen-bond acceptors (Lipinski definition) is 6. The molecule has 0 bridgehead atoms. The molecule has 4 aliphatic carbocycles. The van der Waals surface area contributed by atoms with Crippen molar-refractivity contribution < 1.29 is 29.3 Å². The molecule has 2 N–H and O–H groups in total. The van der Waals surface area contributed by atoms with E-state index in [1.54, 1.807) is 0 Å². The van der Waals surface area contributed by atoms with Crippen molar-refractivity contribution in [3.8, 4) is 0 Å². The average molecular weight is 409 g/mol. The molecule has 0 radical (unpaired) electrons. The van der Waals surface area contributed by atoms with Gasteiger partial charge in [0, 0.05) is 31.1 Å². The number of fused-ring (bicyclic) bond motifs is 5. The van der Waals surface area contributed by atoms with Crippen LogP contribution in [0.3, 0.4) is 0 Å². The average Bonchev–Trinajstić information content (AvgIpc) is 2.93. The van der Waals surface area contributed by atoms with E-state index in [0.717, 1.165) is 38.5 Å². The van der Waals surface area contributed by atoms with Crippen LogP contribution in [0, 0.1) is 28.6 Å². The Hall–Kier alpha value is -1.14. The summed E-state index contributed by atoms with van der Waals surface area (Å²) in [6.45, 7) is 7.27. The SMILES string of the molecule is CC(=O)O[C@@H]1CC[C@]2(C)[C@@H]3CC[C@@]4(C)[C@H](CC[C@H]4OC(C)=O)[C@H]3C[C@@H](O)[C@@]2(O)C1. The number of carbonyl (C=O) groups excluding carboxylic acids is 2. The van der Waals surface area contributed by atoms with Gasteiger partial charge in [0.2, 0.25) is 0 Å². The Morgan fingerprint density at radius 2 is 1.62 bits per heavy atom. The van der Waals surface area contributed by atoms with E-state index < -0.39 is 17.1 Å². The predicted molar refractivity (Wildman–Crippen MR) is 106 cm³/mol. The summed E-state index contributed by atoms with van der Waals surface area (Å²) in [7, 11) is 0. The highest BCUT2D eigenvalue weighted by molar-refractivity contribution is 5.66. The molecular weight excluding hydrogens is 372 g/mol. The maximum Gasteiger partial charge on any atom is 0.302 e. The lowest BCUT2D eigenvalue weighted by atomic mass is 9.43. The molecule has 0 aromatic heterocycles. The molecule has 6 heteroatoms. The van der Waals surface area contributed by atoms with Gasteiger partial charge < -0.3 is 19.7 Å². The van der Waals surface area contributed by atoms with Crippen LogP contribution in [0.1, 0.15) is 79.1 Å². The highest BCUT2D eigenvalue weighted by atomic mass is 16.5. The van der Waals surface area contributed by atoms with Gasteiger partial charge in [-0.2, -0.15) is 0 Å². The highest BCUT2D eigenvalue weighted by Crippen LogP contribution is 2.67. The molecule has 164 valence electrons. The summed E-state index contributed by atoms with van der Waals surface area (Å²) in [5, 5.41) is 22.9. The van der Waals surface area contributed by atoms with Gasteiger partial charge in [-0.1, -0.05) is 13.8 Å². The fraction of sp³-hybridized carbons (Fsp3) is 0.913. The van der Waals surface area contributed by atoms with Crippen molar-refractivity contribution in [1.29, 1.82) is 0 Å². The molecule has 0 amide bonds. The van der Waals surface area contributed by atoms with E-state index in [0.29, 0.717) is 30.6 Å². The van der Waals surface area contributed by atoms with E-state index in [9.17, 15) is 19.8 Å². The Morgan fingerprint density at radius 3 is 2.28 bits per heavy atom. The fourth-order valence-corrected chi connectivity index (χ4v) is 7.92. The summed E-state index contributed by atoms with van der Waals surface area (Å²) in [4.78, 5) is 23.0. The molecule has 0 spiro atoms. The predicted octanol–water partition coefficient (Wildman–Crippen LogP) is 2.98. The van der Waals surface area contributed by atoms with Gasteiger partial charge in [-0.05, 0) is 62.7 Å². The van der Waals surface area contributed by atoms with Gasteiger partial charge in [0.15, 0.2) is 0 Å². The number of ether oxygens (including phenoxy) is 2. The number of carbonyl (C=O) groups is 2. The molecule has 4 rings (SSSR count). The molecular formula is C23H36O6. The lowest BCUT2D eigenvalue weighted by Crippen LogP contribution is -2.68. The van der Waals surface area contributed by atoms with Crippen LogP contribution in [0.2, 0.25) is 0 Å². The first kappa shape index (κ1) is 21.1. The smallest absolute Gasteiger partial charge is 0.302 e. The highest BCUT2D eigenvalue weighted by Gasteiger charge is 2.68. The van der Waals surface area contributed by atoms with Gasteiger partial charge in [0.25, 0.3) is 0 Å². The second-order valence-corrected chi connectivity index (χ2v) is 10.7. The third-order valence-corrected chi connectivity index (χ3v) is 9.37. The third kappa shape index (κ3) is 3.04. The first-order valence-electron chi connectivity index (χ1n) is 11.3. The summed E-state index contributed by atoms with van der Waals surface area (Å²) < 4.78 is 11.1. The zero-order chi connectivity index (χ0) is 21.2. The molecule has 4 fully saturated rings. The zero-order valence-corrected chi connectivity index (χ0v) is 18.1. The number of esters is 2. The van der Waals surface area contributed by atoms with Gasteiger partial charge in [-0.3, -0.25) is 9.59 Å². The maximum atomic E-state index is 11.7. The van der Waals surface area contributed by atoms with E-state index in [-0.39, 0.29) is 29.6 Å². The first-order chi connectivity index (χ1) is 13.5. The molecule has 0 heterocycles. The molecule has 0 aliphatic heterocycles. The fourth-order valence-electron chi connectivity index (χ4n) is 7.92. The number of aliphatic hydroxyl groups is 2. The van der Waals surface area contributed by atoms with Crippen molar-refractivity contribution in [2.24, 2.45) is 28.6 Å². The minimum Gasteiger partial charge on any atom is -0.462 e. The van der Waals surface area contributed by atoms with Crippen LogP contribution < -0.4 is 0 Å². The van der Waals surface area contributed by atoms with Crippen LogP contribution in [0.25, 0.3) is 0 Å². The third-order valence-electron chi connectivity index (χ3n) is 9.37. The minimum atomic E-state index is -1.23. The van der Waals surface area contributed by atoms with Crippen LogP contribution in [-0.4, -0.2) is 46.1 Å². The molecule has 29 heavy (non-hydrogen) atoms. The second kappa shape index (κ2) is 6.94. The quantitative estimate of drug-likeness (QED) is 0.683. The van der Waals surface area contributed by atoms with Crippen molar-refractivity contribution in [3.63, 3.8) is 0 Å². The summed E-state index contributed by atoms with van der Waals surface area (Å²) in [5.41, 5.74) is -1.67. The normalized spacial score (nSPS) is 51.4.